The number of aromatic nitrogens is 3. The van der Waals surface area contributed by atoms with Crippen LogP contribution in [0.15, 0.2) is 34.0 Å². The van der Waals surface area contributed by atoms with E-state index in [1.54, 1.807) is 6.92 Å². The zero-order chi connectivity index (χ0) is 23.9. The first-order chi connectivity index (χ1) is 15.6. The van der Waals surface area contributed by atoms with Crippen molar-refractivity contribution in [3.8, 4) is 0 Å². The average molecular weight is 490 g/mol. The van der Waals surface area contributed by atoms with E-state index in [0.29, 0.717) is 28.2 Å². The number of fused-ring (bicyclic) bond motifs is 3. The van der Waals surface area contributed by atoms with Crippen LogP contribution in [-0.4, -0.2) is 47.7 Å². The van der Waals surface area contributed by atoms with E-state index in [0.717, 1.165) is 29.1 Å². The maximum absolute atomic E-state index is 13.3. The molecule has 2 aromatic heterocycles. The van der Waals surface area contributed by atoms with Gasteiger partial charge in [-0.3, -0.25) is 9.59 Å². The van der Waals surface area contributed by atoms with Crippen LogP contribution in [0.1, 0.15) is 43.2 Å². The number of carbonyl (C=O) groups is 1. The molecule has 9 nitrogen and oxygen atoms in total. The van der Waals surface area contributed by atoms with Crippen molar-refractivity contribution >= 4 is 43.2 Å². The molecule has 11 heteroatoms. The fourth-order valence-corrected chi connectivity index (χ4v) is 6.31. The number of benzene rings is 1. The van der Waals surface area contributed by atoms with Gasteiger partial charge in [-0.1, -0.05) is 19.1 Å². The highest BCUT2D eigenvalue weighted by Gasteiger charge is 2.27. The van der Waals surface area contributed by atoms with Crippen molar-refractivity contribution in [2.75, 3.05) is 19.4 Å². The van der Waals surface area contributed by atoms with Crippen molar-refractivity contribution in [1.82, 2.24) is 19.3 Å². The number of amides is 1. The van der Waals surface area contributed by atoms with E-state index < -0.39 is 22.0 Å². The monoisotopic (exact) mass is 489 g/mol. The first kappa shape index (κ1) is 23.5. The summed E-state index contributed by atoms with van der Waals surface area (Å²) in [6.45, 7) is 4.01. The Hall–Kier alpha value is -2.63. The minimum absolute atomic E-state index is 0.127. The van der Waals surface area contributed by atoms with Gasteiger partial charge >= 0.3 is 0 Å². The van der Waals surface area contributed by atoms with E-state index in [1.807, 2.05) is 0 Å². The molecule has 0 bridgehead atoms. The predicted molar refractivity (Wildman–Crippen MR) is 128 cm³/mol. The lowest BCUT2D eigenvalue weighted by Gasteiger charge is -2.18. The highest BCUT2D eigenvalue weighted by Crippen LogP contribution is 2.35. The number of hydrogen-bond acceptors (Lipinski definition) is 7. The third-order valence-corrected chi connectivity index (χ3v) is 9.00. The van der Waals surface area contributed by atoms with Crippen LogP contribution in [0.25, 0.3) is 10.2 Å². The van der Waals surface area contributed by atoms with Gasteiger partial charge in [-0.25, -0.2) is 12.7 Å². The lowest BCUT2D eigenvalue weighted by Crippen LogP contribution is -2.35. The van der Waals surface area contributed by atoms with Crippen LogP contribution in [-0.2, 0) is 27.7 Å². The van der Waals surface area contributed by atoms with E-state index in [2.05, 4.69) is 22.6 Å². The number of rotatable bonds is 6. The van der Waals surface area contributed by atoms with Crippen LogP contribution in [0, 0.1) is 5.92 Å². The Morgan fingerprint density at radius 3 is 2.64 bits per heavy atom. The third kappa shape index (κ3) is 4.32. The van der Waals surface area contributed by atoms with E-state index >= 15 is 0 Å². The normalized spacial score (nSPS) is 17.2. The van der Waals surface area contributed by atoms with Gasteiger partial charge in [0.15, 0.2) is 4.83 Å². The van der Waals surface area contributed by atoms with Gasteiger partial charge in [0.25, 0.3) is 5.56 Å². The molecule has 176 valence electrons. The van der Waals surface area contributed by atoms with Crippen LogP contribution in [0.4, 0.5) is 5.69 Å². The summed E-state index contributed by atoms with van der Waals surface area (Å²) in [5.74, 6) is 0.170. The summed E-state index contributed by atoms with van der Waals surface area (Å²) in [5.41, 5.74) is 1.19. The number of sulfonamides is 1. The van der Waals surface area contributed by atoms with Gasteiger partial charge in [0, 0.05) is 24.7 Å². The molecule has 1 aromatic carbocycles. The van der Waals surface area contributed by atoms with Crippen LogP contribution in [0.5, 0.6) is 0 Å². The molecule has 4 rings (SSSR count). The van der Waals surface area contributed by atoms with Crippen molar-refractivity contribution in [3.05, 3.63) is 45.1 Å². The molecule has 2 atom stereocenters. The molecule has 0 aliphatic heterocycles. The fraction of sp³-hybridized carbons (Fsp3) is 0.455. The molecule has 0 saturated heterocycles. The Balaban J connectivity index is 1.62. The molecule has 1 aliphatic carbocycles. The molecule has 33 heavy (non-hydrogen) atoms. The Morgan fingerprint density at radius 1 is 1.30 bits per heavy atom. The summed E-state index contributed by atoms with van der Waals surface area (Å²) < 4.78 is 26.8. The average Bonchev–Trinajstić information content (AvgIpc) is 3.14. The fourth-order valence-electron chi connectivity index (χ4n) is 4.09. The zero-order valence-corrected chi connectivity index (χ0v) is 20.7. The van der Waals surface area contributed by atoms with Crippen LogP contribution in [0.3, 0.4) is 0 Å². The molecule has 0 fully saturated rings. The van der Waals surface area contributed by atoms with Crippen molar-refractivity contribution in [2.24, 2.45) is 5.92 Å². The van der Waals surface area contributed by atoms with Crippen molar-refractivity contribution in [3.63, 3.8) is 0 Å². The van der Waals surface area contributed by atoms with Crippen LogP contribution in [0.2, 0.25) is 0 Å². The second kappa shape index (κ2) is 8.96. The molecule has 0 radical (unpaired) electrons. The SMILES string of the molecule is CCC(C(=O)Nc1ccc(S(=O)(=O)N(C)C)cc1)n1nnc2sc3c(c2c1=O)CCC(C)C3. The van der Waals surface area contributed by atoms with Crippen molar-refractivity contribution < 1.29 is 13.2 Å². The summed E-state index contributed by atoms with van der Waals surface area (Å²) in [6, 6.07) is 5.08. The molecule has 1 aliphatic rings. The van der Waals surface area contributed by atoms with Crippen molar-refractivity contribution in [1.29, 1.82) is 0 Å². The number of hydrogen-bond donors (Lipinski definition) is 1. The molecule has 0 saturated carbocycles. The van der Waals surface area contributed by atoms with E-state index in [-0.39, 0.29) is 10.5 Å². The maximum atomic E-state index is 13.3. The number of carbonyl (C=O) groups excluding carboxylic acids is 1. The number of thiophene rings is 1. The quantitative estimate of drug-likeness (QED) is 0.569. The highest BCUT2D eigenvalue weighted by atomic mass is 32.2. The summed E-state index contributed by atoms with van der Waals surface area (Å²) in [4.78, 5) is 28.3. The lowest BCUT2D eigenvalue weighted by molar-refractivity contribution is -0.119. The van der Waals surface area contributed by atoms with E-state index in [1.165, 1.54) is 59.3 Å². The number of aryl methyl sites for hydroxylation is 1. The highest BCUT2D eigenvalue weighted by molar-refractivity contribution is 7.89. The van der Waals surface area contributed by atoms with Gasteiger partial charge in [-0.15, -0.1) is 16.4 Å². The molecule has 2 heterocycles. The Kier molecular flexibility index (Phi) is 6.39. The van der Waals surface area contributed by atoms with Gasteiger partial charge in [-0.05, 0) is 61.4 Å². The first-order valence-electron chi connectivity index (χ1n) is 10.9. The molecule has 1 amide bonds. The number of anilines is 1. The second-order valence-corrected chi connectivity index (χ2v) is 11.8. The molecular weight excluding hydrogens is 462 g/mol. The molecular formula is C22H27N5O4S2. The van der Waals surface area contributed by atoms with Gasteiger partial charge in [0.05, 0.1) is 10.3 Å². The lowest BCUT2D eigenvalue weighted by atomic mass is 9.89. The summed E-state index contributed by atoms with van der Waals surface area (Å²) in [5, 5.41) is 11.7. The third-order valence-electron chi connectivity index (χ3n) is 6.03. The molecule has 2 unspecified atom stereocenters. The molecule has 1 N–H and O–H groups in total. The first-order valence-corrected chi connectivity index (χ1v) is 13.1. The minimum Gasteiger partial charge on any atom is -0.324 e. The topological polar surface area (TPSA) is 114 Å². The van der Waals surface area contributed by atoms with Crippen LogP contribution >= 0.6 is 11.3 Å². The van der Waals surface area contributed by atoms with Gasteiger partial charge in [0.1, 0.15) is 6.04 Å². The van der Waals surface area contributed by atoms with E-state index in [9.17, 15) is 18.0 Å². The standard InChI is InChI=1S/C22H27N5O4S2/c1-5-17(20(28)23-14-7-9-15(10-8-14)33(30,31)26(3)4)27-22(29)19-16-11-6-13(2)12-18(16)32-21(19)24-25-27/h7-10,13,17H,5-6,11-12H2,1-4H3,(H,23,28). The summed E-state index contributed by atoms with van der Waals surface area (Å²) in [7, 11) is -0.648. The number of nitrogens with zero attached hydrogens (tertiary/aromatic N) is 4. The Morgan fingerprint density at radius 2 is 2.00 bits per heavy atom. The van der Waals surface area contributed by atoms with E-state index in [4.69, 9.17) is 0 Å². The summed E-state index contributed by atoms with van der Waals surface area (Å²) >= 11 is 1.52. The van der Waals surface area contributed by atoms with Gasteiger partial charge in [0.2, 0.25) is 15.9 Å². The number of nitrogens with one attached hydrogen (secondary N) is 1. The smallest absolute Gasteiger partial charge is 0.279 e. The van der Waals surface area contributed by atoms with Gasteiger partial charge in [-0.2, -0.15) is 4.68 Å². The molecule has 3 aromatic rings. The predicted octanol–water partition coefficient (Wildman–Crippen LogP) is 2.82. The van der Waals surface area contributed by atoms with Gasteiger partial charge < -0.3 is 5.32 Å². The summed E-state index contributed by atoms with van der Waals surface area (Å²) in [6.07, 6.45) is 3.15. The minimum atomic E-state index is -3.56. The largest absolute Gasteiger partial charge is 0.324 e. The van der Waals surface area contributed by atoms with Crippen molar-refractivity contribution in [2.45, 2.75) is 50.5 Å². The van der Waals surface area contributed by atoms with Crippen LogP contribution < -0.4 is 10.9 Å². The molecule has 0 spiro atoms. The Labute approximate surface area is 196 Å². The second-order valence-electron chi connectivity index (χ2n) is 8.60. The zero-order valence-electron chi connectivity index (χ0n) is 19.0. The Bertz CT molecular complexity index is 1360. The maximum Gasteiger partial charge on any atom is 0.279 e.